The van der Waals surface area contributed by atoms with Crippen molar-refractivity contribution < 1.29 is 14.8 Å². The molecule has 0 saturated carbocycles. The van der Waals surface area contributed by atoms with Gasteiger partial charge in [-0.1, -0.05) is 5.16 Å². The summed E-state index contributed by atoms with van der Waals surface area (Å²) in [6, 6.07) is -0.550. The summed E-state index contributed by atoms with van der Waals surface area (Å²) in [4.78, 5) is 23.9. The zero-order valence-corrected chi connectivity index (χ0v) is 8.38. The molecule has 0 aliphatic carbocycles. The molecule has 5 N–H and O–H groups in total. The molecule has 0 radical (unpaired) electrons. The van der Waals surface area contributed by atoms with Crippen molar-refractivity contribution in [3.63, 3.8) is 0 Å². The van der Waals surface area contributed by atoms with Gasteiger partial charge in [-0.3, -0.25) is 9.59 Å². The van der Waals surface area contributed by atoms with Gasteiger partial charge in [-0.15, -0.1) is 0 Å². The van der Waals surface area contributed by atoms with Crippen molar-refractivity contribution >= 4 is 17.6 Å². The van der Waals surface area contributed by atoms with E-state index in [1.807, 2.05) is 0 Å². The standard InChI is InChI=1S/C8H14N4O3/c1-4(6(9)11-15)8(14)12-3-2-5(12)7(10)13/h4-5,15H,2-3H2,1H3,(H2,9,11)(H2,10,13). The molecule has 0 spiro atoms. The fraction of sp³-hybridized carbons (Fsp3) is 0.625. The Labute approximate surface area is 86.7 Å². The first kappa shape index (κ1) is 11.3. The highest BCUT2D eigenvalue weighted by Gasteiger charge is 2.38. The minimum absolute atomic E-state index is 0.171. The first-order valence-electron chi connectivity index (χ1n) is 4.56. The number of nitrogens with zero attached hydrogens (tertiary/aromatic N) is 2. The van der Waals surface area contributed by atoms with Crippen molar-refractivity contribution in [1.29, 1.82) is 0 Å². The van der Waals surface area contributed by atoms with E-state index in [4.69, 9.17) is 16.7 Å². The van der Waals surface area contributed by atoms with Gasteiger partial charge >= 0.3 is 0 Å². The van der Waals surface area contributed by atoms with Crippen LogP contribution in [-0.4, -0.2) is 40.3 Å². The molecular formula is C8H14N4O3. The molecule has 0 bridgehead atoms. The first-order chi connectivity index (χ1) is 6.99. The van der Waals surface area contributed by atoms with Crippen LogP contribution in [0.2, 0.25) is 0 Å². The van der Waals surface area contributed by atoms with E-state index in [0.29, 0.717) is 13.0 Å². The second kappa shape index (κ2) is 4.16. The van der Waals surface area contributed by atoms with Crippen LogP contribution in [0.5, 0.6) is 0 Å². The number of primary amides is 1. The Morgan fingerprint density at radius 1 is 1.53 bits per heavy atom. The summed E-state index contributed by atoms with van der Waals surface area (Å²) in [5.41, 5.74) is 10.4. The molecule has 1 heterocycles. The third-order valence-electron chi connectivity index (χ3n) is 2.56. The maximum Gasteiger partial charge on any atom is 0.240 e. The van der Waals surface area contributed by atoms with Gasteiger partial charge in [0.2, 0.25) is 11.8 Å². The predicted molar refractivity (Wildman–Crippen MR) is 51.9 cm³/mol. The Bertz CT molecular complexity index is 315. The summed E-state index contributed by atoms with van der Waals surface area (Å²) < 4.78 is 0. The van der Waals surface area contributed by atoms with Crippen molar-refractivity contribution in [3.05, 3.63) is 0 Å². The molecule has 1 saturated heterocycles. The van der Waals surface area contributed by atoms with Gasteiger partial charge in [-0.05, 0) is 13.3 Å². The third kappa shape index (κ3) is 2.00. The molecule has 15 heavy (non-hydrogen) atoms. The van der Waals surface area contributed by atoms with E-state index in [0.717, 1.165) is 0 Å². The number of likely N-dealkylation sites (tertiary alicyclic amines) is 1. The summed E-state index contributed by atoms with van der Waals surface area (Å²) >= 11 is 0. The highest BCUT2D eigenvalue weighted by Crippen LogP contribution is 2.19. The van der Waals surface area contributed by atoms with Crippen LogP contribution in [0, 0.1) is 5.92 Å². The number of carbonyl (C=O) groups excluding carboxylic acids is 2. The minimum Gasteiger partial charge on any atom is -0.409 e. The fourth-order valence-corrected chi connectivity index (χ4v) is 1.41. The lowest BCUT2D eigenvalue weighted by molar-refractivity contribution is -0.147. The molecule has 84 valence electrons. The lowest BCUT2D eigenvalue weighted by Gasteiger charge is -2.39. The molecule has 2 unspecified atom stereocenters. The summed E-state index contributed by atoms with van der Waals surface area (Å²) in [6.07, 6.45) is 0.573. The highest BCUT2D eigenvalue weighted by atomic mass is 16.4. The topological polar surface area (TPSA) is 122 Å². The summed E-state index contributed by atoms with van der Waals surface area (Å²) in [5, 5.41) is 11.2. The maximum absolute atomic E-state index is 11.7. The Morgan fingerprint density at radius 3 is 2.47 bits per heavy atom. The van der Waals surface area contributed by atoms with Crippen LogP contribution in [0.25, 0.3) is 0 Å². The number of hydrogen-bond donors (Lipinski definition) is 3. The van der Waals surface area contributed by atoms with Gasteiger partial charge in [0.05, 0.1) is 5.92 Å². The Hall–Kier alpha value is -1.79. The van der Waals surface area contributed by atoms with Crippen molar-refractivity contribution in [2.24, 2.45) is 22.5 Å². The predicted octanol–water partition coefficient (Wildman–Crippen LogP) is -1.54. The summed E-state index contributed by atoms with van der Waals surface area (Å²) in [6.45, 7) is 1.99. The Balaban J connectivity index is 2.66. The number of amidine groups is 1. The maximum atomic E-state index is 11.7. The molecule has 2 amide bonds. The molecule has 0 aromatic heterocycles. The van der Waals surface area contributed by atoms with Gasteiger partial charge in [0, 0.05) is 6.54 Å². The van der Waals surface area contributed by atoms with Crippen molar-refractivity contribution in [2.75, 3.05) is 6.54 Å². The van der Waals surface area contributed by atoms with E-state index in [1.165, 1.54) is 11.8 Å². The average molecular weight is 214 g/mol. The molecular weight excluding hydrogens is 200 g/mol. The average Bonchev–Trinajstić information content (AvgIpc) is 2.12. The normalized spacial score (nSPS) is 23.1. The molecule has 7 heteroatoms. The number of amides is 2. The van der Waals surface area contributed by atoms with Crippen molar-refractivity contribution in [1.82, 2.24) is 4.90 Å². The zero-order valence-electron chi connectivity index (χ0n) is 8.38. The van der Waals surface area contributed by atoms with Crippen LogP contribution in [0.15, 0.2) is 5.16 Å². The molecule has 2 atom stereocenters. The van der Waals surface area contributed by atoms with Gasteiger partial charge in [0.1, 0.15) is 6.04 Å². The van der Waals surface area contributed by atoms with Gasteiger partial charge in [-0.25, -0.2) is 0 Å². The number of rotatable bonds is 3. The number of oxime groups is 1. The second-order valence-corrected chi connectivity index (χ2v) is 3.49. The second-order valence-electron chi connectivity index (χ2n) is 3.49. The van der Waals surface area contributed by atoms with Gasteiger partial charge in [0.25, 0.3) is 0 Å². The third-order valence-corrected chi connectivity index (χ3v) is 2.56. The smallest absolute Gasteiger partial charge is 0.240 e. The lowest BCUT2D eigenvalue weighted by Crippen LogP contribution is -2.59. The van der Waals surface area contributed by atoms with Crippen molar-refractivity contribution in [2.45, 2.75) is 19.4 Å². The highest BCUT2D eigenvalue weighted by molar-refractivity contribution is 6.03. The van der Waals surface area contributed by atoms with E-state index >= 15 is 0 Å². The van der Waals surface area contributed by atoms with Gasteiger partial charge in [-0.2, -0.15) is 0 Å². The van der Waals surface area contributed by atoms with E-state index in [1.54, 1.807) is 0 Å². The Kier molecular flexibility index (Phi) is 3.13. The zero-order chi connectivity index (χ0) is 11.6. The molecule has 0 aromatic carbocycles. The summed E-state index contributed by atoms with van der Waals surface area (Å²) in [5.74, 6) is -1.78. The van der Waals surface area contributed by atoms with E-state index in [2.05, 4.69) is 5.16 Å². The van der Waals surface area contributed by atoms with Crippen LogP contribution < -0.4 is 11.5 Å². The van der Waals surface area contributed by atoms with Crippen LogP contribution in [-0.2, 0) is 9.59 Å². The van der Waals surface area contributed by atoms with Crippen LogP contribution >= 0.6 is 0 Å². The van der Waals surface area contributed by atoms with Gasteiger partial charge in [0.15, 0.2) is 5.84 Å². The monoisotopic (exact) mass is 214 g/mol. The molecule has 1 fully saturated rings. The van der Waals surface area contributed by atoms with E-state index < -0.39 is 17.9 Å². The molecule has 1 aliphatic rings. The van der Waals surface area contributed by atoms with Crippen LogP contribution in [0.3, 0.4) is 0 Å². The number of nitrogens with two attached hydrogens (primary N) is 2. The first-order valence-corrected chi connectivity index (χ1v) is 4.56. The summed E-state index contributed by atoms with van der Waals surface area (Å²) in [7, 11) is 0. The largest absolute Gasteiger partial charge is 0.409 e. The molecule has 0 aromatic rings. The Morgan fingerprint density at radius 2 is 2.13 bits per heavy atom. The van der Waals surface area contributed by atoms with Gasteiger partial charge < -0.3 is 21.6 Å². The van der Waals surface area contributed by atoms with Crippen molar-refractivity contribution in [3.8, 4) is 0 Å². The van der Waals surface area contributed by atoms with Crippen LogP contribution in [0.1, 0.15) is 13.3 Å². The molecule has 1 aliphatic heterocycles. The van der Waals surface area contributed by atoms with E-state index in [9.17, 15) is 9.59 Å². The van der Waals surface area contributed by atoms with E-state index in [-0.39, 0.29) is 11.7 Å². The fourth-order valence-electron chi connectivity index (χ4n) is 1.41. The lowest BCUT2D eigenvalue weighted by atomic mass is 9.98. The SMILES string of the molecule is CC(C(=O)N1CCC1C(N)=O)/C(N)=N/O. The number of carbonyl (C=O) groups is 2. The number of hydrogen-bond acceptors (Lipinski definition) is 4. The molecule has 7 nitrogen and oxygen atoms in total. The quantitative estimate of drug-likeness (QED) is 0.228. The van der Waals surface area contributed by atoms with Crippen LogP contribution in [0.4, 0.5) is 0 Å². The molecule has 1 rings (SSSR count). The minimum atomic E-state index is -0.739.